The predicted octanol–water partition coefficient (Wildman–Crippen LogP) is 3.56. The molecule has 1 aromatic heterocycles. The van der Waals surface area contributed by atoms with Crippen LogP contribution in [0.5, 0.6) is 0 Å². The van der Waals surface area contributed by atoms with Crippen molar-refractivity contribution in [1.82, 2.24) is 15.1 Å². The SMILES string of the molecule is C[C@H](NC(=O)CCCn1cccn1)c1ccc(C(F)(F)F)cc1. The van der Waals surface area contributed by atoms with Crippen LogP contribution in [0.3, 0.4) is 0 Å². The van der Waals surface area contributed by atoms with Crippen molar-refractivity contribution in [3.05, 3.63) is 53.9 Å². The number of hydrogen-bond donors (Lipinski definition) is 1. The maximum Gasteiger partial charge on any atom is 0.416 e. The normalized spacial score (nSPS) is 12.9. The van der Waals surface area contributed by atoms with Gasteiger partial charge in [0.1, 0.15) is 0 Å². The molecule has 0 aliphatic heterocycles. The molecule has 1 aromatic carbocycles. The third-order valence-electron chi connectivity index (χ3n) is 3.47. The van der Waals surface area contributed by atoms with E-state index >= 15 is 0 Å². The van der Waals surface area contributed by atoms with Gasteiger partial charge < -0.3 is 5.32 Å². The van der Waals surface area contributed by atoms with Crippen LogP contribution in [0.1, 0.15) is 36.9 Å². The van der Waals surface area contributed by atoms with Crippen LogP contribution in [0.2, 0.25) is 0 Å². The van der Waals surface area contributed by atoms with Gasteiger partial charge in [0.2, 0.25) is 5.91 Å². The lowest BCUT2D eigenvalue weighted by molar-refractivity contribution is -0.137. The molecule has 7 heteroatoms. The minimum atomic E-state index is -4.35. The number of aromatic nitrogens is 2. The van der Waals surface area contributed by atoms with Gasteiger partial charge >= 0.3 is 6.18 Å². The standard InChI is InChI=1S/C16H18F3N3O/c1-12(13-5-7-14(8-6-13)16(17,18)19)21-15(23)4-2-10-22-11-3-9-20-22/h3,5-9,11-12H,2,4,10H2,1H3,(H,21,23)/t12-/m0/s1. The van der Waals surface area contributed by atoms with E-state index in [1.54, 1.807) is 17.8 Å². The number of rotatable bonds is 6. The van der Waals surface area contributed by atoms with Gasteiger partial charge in [-0.2, -0.15) is 18.3 Å². The van der Waals surface area contributed by atoms with Crippen molar-refractivity contribution in [2.75, 3.05) is 0 Å². The highest BCUT2D eigenvalue weighted by atomic mass is 19.4. The van der Waals surface area contributed by atoms with Crippen molar-refractivity contribution < 1.29 is 18.0 Å². The molecule has 0 bridgehead atoms. The first-order valence-corrected chi connectivity index (χ1v) is 7.30. The molecular formula is C16H18F3N3O. The van der Waals surface area contributed by atoms with E-state index in [0.717, 1.165) is 12.1 Å². The van der Waals surface area contributed by atoms with Gasteiger partial charge in [0.25, 0.3) is 0 Å². The van der Waals surface area contributed by atoms with Crippen molar-refractivity contribution in [3.8, 4) is 0 Å². The van der Waals surface area contributed by atoms with Gasteiger partial charge in [0.15, 0.2) is 0 Å². The van der Waals surface area contributed by atoms with E-state index in [2.05, 4.69) is 10.4 Å². The first kappa shape index (κ1) is 17.1. The average molecular weight is 325 g/mol. The van der Waals surface area contributed by atoms with Crippen molar-refractivity contribution in [1.29, 1.82) is 0 Å². The number of carbonyl (C=O) groups excluding carboxylic acids is 1. The summed E-state index contributed by atoms with van der Waals surface area (Å²) in [7, 11) is 0. The topological polar surface area (TPSA) is 46.9 Å². The molecule has 0 saturated carbocycles. The summed E-state index contributed by atoms with van der Waals surface area (Å²) < 4.78 is 39.3. The molecule has 1 N–H and O–H groups in total. The summed E-state index contributed by atoms with van der Waals surface area (Å²) in [4.78, 5) is 11.9. The molecule has 1 amide bonds. The zero-order valence-electron chi connectivity index (χ0n) is 12.7. The largest absolute Gasteiger partial charge is 0.416 e. The number of amides is 1. The van der Waals surface area contributed by atoms with Gasteiger partial charge in [0.05, 0.1) is 11.6 Å². The van der Waals surface area contributed by atoms with Crippen LogP contribution in [0.25, 0.3) is 0 Å². The van der Waals surface area contributed by atoms with E-state index < -0.39 is 11.7 Å². The lowest BCUT2D eigenvalue weighted by Crippen LogP contribution is -2.26. The lowest BCUT2D eigenvalue weighted by Gasteiger charge is -2.15. The summed E-state index contributed by atoms with van der Waals surface area (Å²) in [5.41, 5.74) is -0.0579. The first-order valence-electron chi connectivity index (χ1n) is 7.30. The van der Waals surface area contributed by atoms with E-state index in [9.17, 15) is 18.0 Å². The highest BCUT2D eigenvalue weighted by Gasteiger charge is 2.30. The summed E-state index contributed by atoms with van der Waals surface area (Å²) in [6, 6.07) is 6.29. The second-order valence-electron chi connectivity index (χ2n) is 5.28. The fraction of sp³-hybridized carbons (Fsp3) is 0.375. The van der Waals surface area contributed by atoms with Gasteiger partial charge in [-0.3, -0.25) is 9.48 Å². The zero-order valence-corrected chi connectivity index (χ0v) is 12.7. The van der Waals surface area contributed by atoms with Gasteiger partial charge in [-0.15, -0.1) is 0 Å². The van der Waals surface area contributed by atoms with E-state index in [1.165, 1.54) is 12.1 Å². The number of nitrogens with zero attached hydrogens (tertiary/aromatic N) is 2. The number of nitrogens with one attached hydrogen (secondary N) is 1. The Balaban J connectivity index is 1.81. The molecule has 23 heavy (non-hydrogen) atoms. The minimum absolute atomic E-state index is 0.135. The summed E-state index contributed by atoms with van der Waals surface area (Å²) in [6.07, 6.45) is 0.130. The molecule has 124 valence electrons. The summed E-state index contributed by atoms with van der Waals surface area (Å²) in [5.74, 6) is -0.135. The second kappa shape index (κ2) is 7.30. The van der Waals surface area contributed by atoms with E-state index in [4.69, 9.17) is 0 Å². The van der Waals surface area contributed by atoms with Crippen molar-refractivity contribution in [2.24, 2.45) is 0 Å². The maximum atomic E-state index is 12.5. The van der Waals surface area contributed by atoms with Crippen LogP contribution in [-0.4, -0.2) is 15.7 Å². The fourth-order valence-electron chi connectivity index (χ4n) is 2.19. The fourth-order valence-corrected chi connectivity index (χ4v) is 2.19. The summed E-state index contributed by atoms with van der Waals surface area (Å²) >= 11 is 0. The van der Waals surface area contributed by atoms with Crippen LogP contribution in [-0.2, 0) is 17.5 Å². The number of alkyl halides is 3. The number of hydrogen-bond acceptors (Lipinski definition) is 2. The Morgan fingerprint density at radius 3 is 2.57 bits per heavy atom. The van der Waals surface area contributed by atoms with E-state index in [-0.39, 0.29) is 11.9 Å². The Kier molecular flexibility index (Phi) is 5.41. The van der Waals surface area contributed by atoms with Crippen molar-refractivity contribution >= 4 is 5.91 Å². The third-order valence-corrected chi connectivity index (χ3v) is 3.47. The van der Waals surface area contributed by atoms with Crippen LogP contribution >= 0.6 is 0 Å². The molecular weight excluding hydrogens is 307 g/mol. The van der Waals surface area contributed by atoms with Gasteiger partial charge in [-0.1, -0.05) is 12.1 Å². The molecule has 1 heterocycles. The molecule has 0 aliphatic carbocycles. The molecule has 0 fully saturated rings. The molecule has 0 radical (unpaired) electrons. The highest BCUT2D eigenvalue weighted by Crippen LogP contribution is 2.29. The van der Waals surface area contributed by atoms with Gasteiger partial charge in [0, 0.05) is 25.4 Å². The van der Waals surface area contributed by atoms with Crippen LogP contribution < -0.4 is 5.32 Å². The van der Waals surface area contributed by atoms with Gasteiger partial charge in [-0.05, 0) is 37.1 Å². The van der Waals surface area contributed by atoms with Crippen LogP contribution in [0.4, 0.5) is 13.2 Å². The van der Waals surface area contributed by atoms with Gasteiger partial charge in [-0.25, -0.2) is 0 Å². The zero-order chi connectivity index (χ0) is 16.9. The molecule has 4 nitrogen and oxygen atoms in total. The predicted molar refractivity (Wildman–Crippen MR) is 79.5 cm³/mol. The third kappa shape index (κ3) is 5.12. The minimum Gasteiger partial charge on any atom is -0.350 e. The quantitative estimate of drug-likeness (QED) is 0.883. The Hall–Kier alpha value is -2.31. The maximum absolute atomic E-state index is 12.5. The van der Waals surface area contributed by atoms with E-state index in [1.807, 2.05) is 12.3 Å². The highest BCUT2D eigenvalue weighted by molar-refractivity contribution is 5.76. The monoisotopic (exact) mass is 325 g/mol. The van der Waals surface area contributed by atoms with Crippen molar-refractivity contribution in [2.45, 2.75) is 38.5 Å². The Labute approximate surface area is 132 Å². The van der Waals surface area contributed by atoms with Crippen LogP contribution in [0, 0.1) is 0 Å². The lowest BCUT2D eigenvalue weighted by atomic mass is 10.1. The second-order valence-corrected chi connectivity index (χ2v) is 5.28. The number of halogens is 3. The van der Waals surface area contributed by atoms with E-state index in [0.29, 0.717) is 24.9 Å². The molecule has 0 saturated heterocycles. The molecule has 0 spiro atoms. The Morgan fingerprint density at radius 2 is 2.00 bits per heavy atom. The molecule has 0 aliphatic rings. The molecule has 1 atom stereocenters. The first-order chi connectivity index (χ1) is 10.9. The molecule has 2 aromatic rings. The Bertz CT molecular complexity index is 621. The number of aryl methyl sites for hydroxylation is 1. The number of carbonyl (C=O) groups is 1. The average Bonchev–Trinajstić information content (AvgIpc) is 2.99. The summed E-state index contributed by atoms with van der Waals surface area (Å²) in [5, 5.41) is 6.83. The van der Waals surface area contributed by atoms with Crippen LogP contribution in [0.15, 0.2) is 42.7 Å². The summed E-state index contributed by atoms with van der Waals surface area (Å²) in [6.45, 7) is 2.39. The number of benzene rings is 1. The smallest absolute Gasteiger partial charge is 0.350 e. The molecule has 2 rings (SSSR count). The molecule has 0 unspecified atom stereocenters. The van der Waals surface area contributed by atoms with Crippen molar-refractivity contribution in [3.63, 3.8) is 0 Å². The Morgan fingerprint density at radius 1 is 1.30 bits per heavy atom.